The lowest BCUT2D eigenvalue weighted by atomic mass is 9.64. The highest BCUT2D eigenvalue weighted by Crippen LogP contribution is 2.62. The van der Waals surface area contributed by atoms with E-state index < -0.39 is 5.92 Å². The summed E-state index contributed by atoms with van der Waals surface area (Å²) < 4.78 is 24.8. The van der Waals surface area contributed by atoms with E-state index >= 15 is 0 Å². The molecular weight excluding hydrogens is 927 g/mol. The molecule has 9 aliphatic carbocycles. The lowest BCUT2D eigenvalue weighted by Gasteiger charge is -2.54. The summed E-state index contributed by atoms with van der Waals surface area (Å²) in [7, 11) is 19.5. The maximum Gasteiger partial charge on any atom is 0.257 e. The van der Waals surface area contributed by atoms with Crippen LogP contribution in [0.5, 0.6) is 0 Å². The largest absolute Gasteiger partial charge is 0.396 e. The first kappa shape index (κ1) is 56.2. The van der Waals surface area contributed by atoms with Gasteiger partial charge in [-0.2, -0.15) is 5.26 Å². The second kappa shape index (κ2) is 21.4. The highest BCUT2D eigenvalue weighted by molar-refractivity contribution is 5.14. The number of nitriles is 1. The maximum atomic E-state index is 12.4. The topological polar surface area (TPSA) is 73.2 Å². The third-order valence-corrected chi connectivity index (χ3v) is 23.3. The molecule has 13 heteroatoms. The van der Waals surface area contributed by atoms with Crippen molar-refractivity contribution >= 4 is 0 Å². The van der Waals surface area contributed by atoms with Crippen molar-refractivity contribution in [2.24, 2.45) is 110 Å². The van der Waals surface area contributed by atoms with Crippen molar-refractivity contribution in [2.75, 3.05) is 188 Å². The third kappa shape index (κ3) is 12.9. The van der Waals surface area contributed by atoms with Crippen LogP contribution in [0, 0.1) is 122 Å². The van der Waals surface area contributed by atoms with Gasteiger partial charge in [-0.05, 0) is 214 Å². The zero-order chi connectivity index (χ0) is 52.9. The molecule has 1 N–H and O–H groups in total. The van der Waals surface area contributed by atoms with Gasteiger partial charge in [0.15, 0.2) is 0 Å². The molecule has 9 aliphatic heterocycles. The Hall–Kier alpha value is -1.05. The molecule has 15 atom stereocenters. The van der Waals surface area contributed by atoms with Gasteiger partial charge >= 0.3 is 0 Å². The van der Waals surface area contributed by atoms with Crippen LogP contribution in [0.15, 0.2) is 0 Å². The van der Waals surface area contributed by atoms with Crippen molar-refractivity contribution in [3.05, 3.63) is 0 Å². The first-order chi connectivity index (χ1) is 35.0. The van der Waals surface area contributed by atoms with Crippen LogP contribution in [0.4, 0.5) is 8.78 Å². The summed E-state index contributed by atoms with van der Waals surface area (Å²) in [5.74, 6) is 8.87. The van der Waals surface area contributed by atoms with Crippen molar-refractivity contribution in [1.29, 1.82) is 5.26 Å². The van der Waals surface area contributed by atoms with Crippen LogP contribution >= 0.6 is 0 Å². The molecule has 9 heterocycles. The normalized spacial score (nSPS) is 44.5. The van der Waals surface area contributed by atoms with Crippen LogP contribution < -0.4 is 0 Å². The third-order valence-electron chi connectivity index (χ3n) is 23.3. The number of hydrogen-bond acceptors (Lipinski definition) is 11. The summed E-state index contributed by atoms with van der Waals surface area (Å²) in [6, 6.07) is 2.33. The first-order valence-corrected chi connectivity index (χ1v) is 30.5. The monoisotopic (exact) mass is 1030 g/mol. The van der Waals surface area contributed by atoms with Gasteiger partial charge in [-0.1, -0.05) is 27.2 Å². The van der Waals surface area contributed by atoms with Crippen LogP contribution in [0.2, 0.25) is 0 Å². The summed E-state index contributed by atoms with van der Waals surface area (Å²) in [4.78, 5) is 21.2. The lowest BCUT2D eigenvalue weighted by molar-refractivity contribution is -0.0436. The summed E-state index contributed by atoms with van der Waals surface area (Å²) in [6.45, 7) is 30.0. The number of alkyl halides is 2. The van der Waals surface area contributed by atoms with Crippen LogP contribution in [-0.4, -0.2) is 243 Å². The van der Waals surface area contributed by atoms with Gasteiger partial charge in [0, 0.05) is 130 Å². The Kier molecular flexibility index (Phi) is 16.3. The maximum absolute atomic E-state index is 12.4. The van der Waals surface area contributed by atoms with Gasteiger partial charge in [-0.3, -0.25) is 0 Å². The van der Waals surface area contributed by atoms with Gasteiger partial charge in [-0.15, -0.1) is 0 Å². The first-order valence-electron chi connectivity index (χ1n) is 30.5. The fourth-order valence-electron chi connectivity index (χ4n) is 17.2. The molecule has 18 fully saturated rings. The predicted octanol–water partition coefficient (Wildman–Crippen LogP) is 6.42. The van der Waals surface area contributed by atoms with Crippen molar-refractivity contribution in [3.63, 3.8) is 0 Å². The highest BCUT2D eigenvalue weighted by atomic mass is 19.3. The van der Waals surface area contributed by atoms with E-state index in [1.807, 2.05) is 11.9 Å². The van der Waals surface area contributed by atoms with Crippen LogP contribution in [0.3, 0.4) is 0 Å². The molecule has 0 radical (unpaired) electrons. The molecule has 18 aliphatic rings. The van der Waals surface area contributed by atoms with E-state index in [-0.39, 0.29) is 11.8 Å². The Morgan fingerprint density at radius 3 is 1.11 bits per heavy atom. The van der Waals surface area contributed by atoms with Crippen LogP contribution in [0.1, 0.15) is 78.6 Å². The Labute approximate surface area is 450 Å². The fraction of sp³-hybridized carbons (Fsp3) is 0.984. The van der Waals surface area contributed by atoms with Crippen molar-refractivity contribution in [1.82, 2.24) is 44.1 Å². The predicted molar refractivity (Wildman–Crippen MR) is 296 cm³/mol. The minimum atomic E-state index is -2.30. The number of aliphatic hydroxyl groups is 1. The van der Waals surface area contributed by atoms with Gasteiger partial charge in [0.1, 0.15) is 0 Å². The number of nitrogens with zero attached hydrogens (tertiary/aromatic N) is 10. The molecule has 74 heavy (non-hydrogen) atoms. The molecule has 0 aromatic carbocycles. The quantitative estimate of drug-likeness (QED) is 0.317. The van der Waals surface area contributed by atoms with Gasteiger partial charge in [0.25, 0.3) is 5.92 Å². The van der Waals surface area contributed by atoms with E-state index in [9.17, 15) is 8.78 Å². The zero-order valence-electron chi connectivity index (χ0n) is 49.1. The number of rotatable bonds is 1. The van der Waals surface area contributed by atoms with E-state index in [0.29, 0.717) is 36.9 Å². The SMILES string of the molecule is CC1[C@H]2CN(C)C[C@@H]12.CN1CC2(CC2)C1.CN1CC2(CCC2)C1.CN1CC2C(C1)C2(C)C.CN1CC2C(C1)C2(F)F.CN1CC2CC2C1.CN1CCC2(CC2)C1.CN1C[C@@H]2C(C#N)[C@@H]2C1.CN1C[C@@H]2C(CO)[C@@H]2C1. The molecule has 422 valence electrons. The average molecular weight is 1040 g/mol. The molecular formula is C61H108F2N10O. The Bertz CT molecular complexity index is 1830. The summed E-state index contributed by atoms with van der Waals surface area (Å²) in [5.41, 5.74) is 3.25. The molecule has 9 unspecified atom stereocenters. The highest BCUT2D eigenvalue weighted by Gasteiger charge is 2.71. The average Bonchev–Trinajstić information content (AvgIpc) is 4.23. The van der Waals surface area contributed by atoms with E-state index in [4.69, 9.17) is 10.4 Å². The fourth-order valence-corrected chi connectivity index (χ4v) is 17.2. The second-order valence-electron chi connectivity index (χ2n) is 30.5. The van der Waals surface area contributed by atoms with Gasteiger partial charge in [0.2, 0.25) is 0 Å². The Morgan fingerprint density at radius 1 is 0.459 bits per heavy atom. The van der Waals surface area contributed by atoms with Crippen LogP contribution in [0.25, 0.3) is 0 Å². The standard InChI is InChI=1S/C8H15N.C7H10N2.C7H13NO.3C7H13N.C6H9F2N.2C6H11N/c1-8(2)6-4-9(3)5-7(6)8;1-9-3-6-5(2-8)7(6)4-9;1-8-2-5-6(3-8)7(5)4-9;1-5-6-3-8(2)4-7(5)6;1-8-5-4-7(6-8)2-3-7;1-8-5-7(6-8)3-2-4-7;1-9-2-4-5(3-9)6(4,7)8;1-7-3-5-2-6(5)4-7;1-7-4-6(5-7)2-3-6/h6-7H,4-5H2,1-3H3;5-7H,3-4H2,1H3;5-7,9H,2-4H2,1H3;5-7H,3-4H2,1-2H3;2*2-6H2,1H3;4-5H,2-3H2,1H3;5-6H,2-4H2,1H3;2-5H2,1H3/t;5?,6-,7+;5-,6+,7?;5?,6-,7+;;;;;. The van der Waals surface area contributed by atoms with Crippen LogP contribution in [-0.2, 0) is 0 Å². The molecule has 11 nitrogen and oxygen atoms in total. The molecule has 0 aromatic rings. The van der Waals surface area contributed by atoms with E-state index in [1.165, 1.54) is 149 Å². The number of likely N-dealkylation sites (tertiary alicyclic amines) is 9. The van der Waals surface area contributed by atoms with Gasteiger partial charge < -0.3 is 49.2 Å². The molecule has 3 spiro atoms. The van der Waals surface area contributed by atoms with Crippen molar-refractivity contribution in [2.45, 2.75) is 84.5 Å². The minimum Gasteiger partial charge on any atom is -0.396 e. The lowest BCUT2D eigenvalue weighted by Crippen LogP contribution is -2.57. The number of hydrogen-bond donors (Lipinski definition) is 1. The van der Waals surface area contributed by atoms with E-state index in [0.717, 1.165) is 94.4 Å². The zero-order valence-corrected chi connectivity index (χ0v) is 49.1. The summed E-state index contributed by atoms with van der Waals surface area (Å²) >= 11 is 0. The number of halogens is 2. The second-order valence-corrected chi connectivity index (χ2v) is 30.5. The smallest absolute Gasteiger partial charge is 0.257 e. The number of aliphatic hydroxyl groups excluding tert-OH is 1. The van der Waals surface area contributed by atoms with Gasteiger partial charge in [0.05, 0.1) is 12.0 Å². The van der Waals surface area contributed by atoms with Crippen molar-refractivity contribution < 1.29 is 13.9 Å². The summed E-state index contributed by atoms with van der Waals surface area (Å²) in [6.07, 6.45) is 13.6. The molecule has 0 aromatic heterocycles. The van der Waals surface area contributed by atoms with Crippen molar-refractivity contribution in [3.8, 4) is 6.07 Å². The molecule has 0 amide bonds. The Morgan fingerprint density at radius 2 is 0.838 bits per heavy atom. The number of fused-ring (bicyclic) bond motifs is 6. The minimum absolute atomic E-state index is 0.303. The van der Waals surface area contributed by atoms with E-state index in [1.54, 1.807) is 0 Å². The molecule has 9 saturated heterocycles. The molecule has 9 saturated carbocycles. The molecule has 18 rings (SSSR count). The Balaban J connectivity index is 0.0000000953. The van der Waals surface area contributed by atoms with Gasteiger partial charge in [-0.25, -0.2) is 8.78 Å². The summed E-state index contributed by atoms with van der Waals surface area (Å²) in [5, 5.41) is 17.3. The number of piperidine rings is 6. The van der Waals surface area contributed by atoms with E-state index in [2.05, 4.69) is 122 Å². The molecule has 0 bridgehead atoms.